The minimum absolute atomic E-state index is 0.303. The first-order valence-corrected chi connectivity index (χ1v) is 5.31. The van der Waals surface area contributed by atoms with Gasteiger partial charge in [-0.15, -0.1) is 0 Å². The first-order chi connectivity index (χ1) is 8.59. The third-order valence-electron chi connectivity index (χ3n) is 3.08. The Hall–Kier alpha value is -2.69. The van der Waals surface area contributed by atoms with Gasteiger partial charge in [-0.05, 0) is 17.2 Å². The number of fused-ring (bicyclic) bond motifs is 3. The van der Waals surface area contributed by atoms with E-state index in [9.17, 15) is 14.9 Å². The molecule has 2 aliphatic rings. The Morgan fingerprint density at radius 1 is 1.11 bits per heavy atom. The molecular weight excluding hydrogens is 232 g/mol. The normalized spacial score (nSPS) is 17.0. The Morgan fingerprint density at radius 3 is 2.56 bits per heavy atom. The molecule has 0 saturated carbocycles. The molecule has 5 heteroatoms. The molecule has 0 heterocycles. The van der Waals surface area contributed by atoms with Gasteiger partial charge >= 0.3 is 0 Å². The van der Waals surface area contributed by atoms with Crippen LogP contribution in [0.1, 0.15) is 11.1 Å². The molecule has 0 aliphatic heterocycles. The van der Waals surface area contributed by atoms with Crippen LogP contribution in [0.2, 0.25) is 0 Å². The topological polar surface area (TPSA) is 86.2 Å². The second kappa shape index (κ2) is 3.40. The second-order valence-corrected chi connectivity index (χ2v) is 4.09. The zero-order chi connectivity index (χ0) is 12.9. The van der Waals surface area contributed by atoms with E-state index < -0.39 is 10.7 Å². The Bertz CT molecular complexity index is 696. The van der Waals surface area contributed by atoms with E-state index in [2.05, 4.69) is 0 Å². The number of ketones is 1. The Morgan fingerprint density at radius 2 is 1.83 bits per heavy atom. The fourth-order valence-electron chi connectivity index (χ4n) is 2.22. The summed E-state index contributed by atoms with van der Waals surface area (Å²) in [5.74, 6) is -0.476. The number of carbonyl (C=O) groups excluding carboxylic acids is 1. The van der Waals surface area contributed by atoms with E-state index in [4.69, 9.17) is 5.73 Å². The van der Waals surface area contributed by atoms with Gasteiger partial charge in [0.2, 0.25) is 5.78 Å². The van der Waals surface area contributed by atoms with Crippen molar-refractivity contribution < 1.29 is 9.72 Å². The monoisotopic (exact) mass is 240 g/mol. The summed E-state index contributed by atoms with van der Waals surface area (Å²) in [7, 11) is 0. The number of hydrogen-bond acceptors (Lipinski definition) is 4. The maximum Gasteiger partial charge on any atom is 0.296 e. The molecule has 88 valence electrons. The van der Waals surface area contributed by atoms with Gasteiger partial charge in [-0.25, -0.2) is 0 Å². The van der Waals surface area contributed by atoms with Gasteiger partial charge in [-0.2, -0.15) is 0 Å². The van der Waals surface area contributed by atoms with Gasteiger partial charge in [0.1, 0.15) is 0 Å². The van der Waals surface area contributed by atoms with E-state index in [1.54, 1.807) is 6.08 Å². The highest BCUT2D eigenvalue weighted by atomic mass is 16.6. The first-order valence-electron chi connectivity index (χ1n) is 5.31. The van der Waals surface area contributed by atoms with Crippen LogP contribution in [0.3, 0.4) is 0 Å². The van der Waals surface area contributed by atoms with Crippen molar-refractivity contribution >= 4 is 17.4 Å². The van der Waals surface area contributed by atoms with E-state index in [-0.39, 0.29) is 11.4 Å². The maximum atomic E-state index is 12.0. The molecule has 0 aromatic heterocycles. The lowest BCUT2D eigenvalue weighted by Gasteiger charge is -2.11. The van der Waals surface area contributed by atoms with Crippen LogP contribution in [0.15, 0.2) is 47.3 Å². The summed E-state index contributed by atoms with van der Waals surface area (Å²) in [6.07, 6.45) is 3.08. The number of allylic oxidation sites excluding steroid dienone is 3. The van der Waals surface area contributed by atoms with Crippen molar-refractivity contribution in [3.63, 3.8) is 0 Å². The summed E-state index contributed by atoms with van der Waals surface area (Å²) in [4.78, 5) is 22.2. The van der Waals surface area contributed by atoms with Crippen LogP contribution in [0, 0.1) is 10.1 Å². The van der Waals surface area contributed by atoms with E-state index in [1.165, 1.54) is 6.08 Å². The second-order valence-electron chi connectivity index (χ2n) is 4.09. The van der Waals surface area contributed by atoms with Crippen molar-refractivity contribution in [1.82, 2.24) is 0 Å². The summed E-state index contributed by atoms with van der Waals surface area (Å²) in [6, 6.07) is 7.37. The molecule has 0 atom stereocenters. The van der Waals surface area contributed by atoms with Gasteiger partial charge in [0.25, 0.3) is 5.70 Å². The average Bonchev–Trinajstić information content (AvgIpc) is 2.72. The molecule has 0 bridgehead atoms. The fourth-order valence-corrected chi connectivity index (χ4v) is 2.22. The van der Waals surface area contributed by atoms with Gasteiger partial charge in [-0.1, -0.05) is 24.3 Å². The number of nitrogens with zero attached hydrogens (tertiary/aromatic N) is 1. The zero-order valence-corrected chi connectivity index (χ0v) is 9.21. The number of hydrogen-bond donors (Lipinski definition) is 1. The Kier molecular flexibility index (Phi) is 1.98. The molecule has 3 rings (SSSR count). The first kappa shape index (κ1) is 10.5. The third kappa shape index (κ3) is 1.24. The van der Waals surface area contributed by atoms with Crippen LogP contribution in [0.5, 0.6) is 0 Å². The molecule has 0 unspecified atom stereocenters. The SMILES string of the molecule is NC1=C([N+](=O)[O-])C=C2C(=Cc3ccccc32)C1=O. The molecule has 0 amide bonds. The number of nitrogens with two attached hydrogens (primary N) is 1. The number of nitro groups is 1. The lowest BCUT2D eigenvalue weighted by atomic mass is 9.93. The number of rotatable bonds is 1. The summed E-state index contributed by atoms with van der Waals surface area (Å²) in [5, 5.41) is 10.9. The van der Waals surface area contributed by atoms with Crippen molar-refractivity contribution in [2.45, 2.75) is 0 Å². The quantitative estimate of drug-likeness (QED) is 0.595. The Balaban J connectivity index is 2.26. The van der Waals surface area contributed by atoms with Crippen LogP contribution in [-0.4, -0.2) is 10.7 Å². The number of Topliss-reactive ketones (excluding diaryl/α,β-unsaturated/α-hetero) is 1. The van der Waals surface area contributed by atoms with Crippen molar-refractivity contribution in [2.75, 3.05) is 0 Å². The van der Waals surface area contributed by atoms with E-state index in [0.717, 1.165) is 11.1 Å². The van der Waals surface area contributed by atoms with Gasteiger partial charge in [0.05, 0.1) is 4.92 Å². The molecule has 1 aromatic carbocycles. The number of benzene rings is 1. The molecule has 1 aromatic rings. The van der Waals surface area contributed by atoms with Crippen molar-refractivity contribution in [1.29, 1.82) is 0 Å². The molecule has 2 N–H and O–H groups in total. The van der Waals surface area contributed by atoms with E-state index >= 15 is 0 Å². The van der Waals surface area contributed by atoms with Crippen LogP contribution < -0.4 is 5.73 Å². The lowest BCUT2D eigenvalue weighted by molar-refractivity contribution is -0.420. The molecule has 5 nitrogen and oxygen atoms in total. The highest BCUT2D eigenvalue weighted by Crippen LogP contribution is 2.39. The maximum absolute atomic E-state index is 12.0. The van der Waals surface area contributed by atoms with Crippen molar-refractivity contribution in [3.05, 3.63) is 68.5 Å². The molecular formula is C13H8N2O3. The summed E-state index contributed by atoms with van der Waals surface area (Å²) in [6.45, 7) is 0. The van der Waals surface area contributed by atoms with Crippen LogP contribution in [0.4, 0.5) is 0 Å². The molecule has 18 heavy (non-hydrogen) atoms. The van der Waals surface area contributed by atoms with Gasteiger partial charge in [-0.3, -0.25) is 14.9 Å². The smallest absolute Gasteiger partial charge is 0.296 e. The molecule has 0 fully saturated rings. The standard InChI is InChI=1S/C13H8N2O3/c14-12-11(15(17)18)6-9-8-4-2-1-3-7(8)5-10(9)13(12)16/h1-6H,14H2. The van der Waals surface area contributed by atoms with Crippen LogP contribution in [0.25, 0.3) is 11.6 Å². The molecule has 0 spiro atoms. The highest BCUT2D eigenvalue weighted by molar-refractivity contribution is 6.25. The highest BCUT2D eigenvalue weighted by Gasteiger charge is 2.34. The fraction of sp³-hybridized carbons (Fsp3) is 0. The molecule has 0 radical (unpaired) electrons. The van der Waals surface area contributed by atoms with Gasteiger partial charge in [0.15, 0.2) is 5.70 Å². The van der Waals surface area contributed by atoms with Gasteiger partial charge < -0.3 is 5.73 Å². The summed E-state index contributed by atoms with van der Waals surface area (Å²) in [5.41, 5.74) is 7.60. The summed E-state index contributed by atoms with van der Waals surface area (Å²) < 4.78 is 0. The predicted octanol–water partition coefficient (Wildman–Crippen LogP) is 1.50. The van der Waals surface area contributed by atoms with Crippen molar-refractivity contribution in [3.8, 4) is 0 Å². The zero-order valence-electron chi connectivity index (χ0n) is 9.21. The minimum atomic E-state index is -0.627. The Labute approximate surface area is 102 Å². The predicted molar refractivity (Wildman–Crippen MR) is 65.6 cm³/mol. The largest absolute Gasteiger partial charge is 0.390 e. The van der Waals surface area contributed by atoms with Crippen molar-refractivity contribution in [2.24, 2.45) is 5.73 Å². The average molecular weight is 240 g/mol. The van der Waals surface area contributed by atoms with Gasteiger partial charge in [0, 0.05) is 17.2 Å². The summed E-state index contributed by atoms with van der Waals surface area (Å²) >= 11 is 0. The lowest BCUT2D eigenvalue weighted by Crippen LogP contribution is -2.22. The van der Waals surface area contributed by atoms with E-state index in [1.807, 2.05) is 24.3 Å². The minimum Gasteiger partial charge on any atom is -0.390 e. The van der Waals surface area contributed by atoms with E-state index in [0.29, 0.717) is 11.1 Å². The van der Waals surface area contributed by atoms with Crippen LogP contribution >= 0.6 is 0 Å². The molecule has 0 saturated heterocycles. The number of carbonyl (C=O) groups is 1. The van der Waals surface area contributed by atoms with Crippen LogP contribution in [-0.2, 0) is 4.79 Å². The molecule has 2 aliphatic carbocycles. The third-order valence-corrected chi connectivity index (χ3v) is 3.08.